The van der Waals surface area contributed by atoms with Crippen molar-refractivity contribution >= 4 is 65.4 Å². The minimum absolute atomic E-state index is 0.115. The van der Waals surface area contributed by atoms with Gasteiger partial charge >= 0.3 is 0 Å². The Kier molecular flexibility index (Phi) is 17.1. The average molecular weight is 1500 g/mol. The van der Waals surface area contributed by atoms with Gasteiger partial charge in [-0.2, -0.15) is 5.26 Å². The predicted octanol–water partition coefficient (Wildman–Crippen LogP) is 26.5. The summed E-state index contributed by atoms with van der Waals surface area (Å²) in [5.41, 5.74) is 30.4. The topological polar surface area (TPSA) is 124 Å². The van der Waals surface area contributed by atoms with E-state index in [2.05, 4.69) is 357 Å². The Morgan fingerprint density at radius 1 is 0.256 bits per heavy atom. The third kappa shape index (κ3) is 12.3. The van der Waals surface area contributed by atoms with E-state index in [0.29, 0.717) is 23.0 Å². The third-order valence-electron chi connectivity index (χ3n) is 22.9. The summed E-state index contributed by atoms with van der Waals surface area (Å²) in [5.74, 6) is 2.44. The highest BCUT2D eigenvalue weighted by Crippen LogP contribution is 2.50. The first kappa shape index (κ1) is 69.3. The molecule has 117 heavy (non-hydrogen) atoms. The zero-order chi connectivity index (χ0) is 78.1. The number of aromatic nitrogens is 9. The number of hydrogen-bond acceptors (Lipinski definition) is 8. The standard InChI is InChI=1S/C58H40N4.C49H30N6/c1-58(2)48-22-12-9-19-44(48)45-34-33-42(35-49(45)58)57-60-51(39-15-5-3-6-16-39)36-52(61-57)40-29-25-37(26-30-40)38-27-31-41(32-28-38)55-56-54(46-20-10-13-23-50(46)59-55)47-21-11-14-24-53(47)62(56)43-17-7-4-8-18-43;50-31-32-19-21-37(22-20-32)48-52-47(36-11-3-1-4-12-36)53-49(54-48)38-29-25-34(26-30-38)33-23-27-35(28-24-33)45-46-44(40-15-7-9-17-42(40)51-45)41-16-8-10-18-43(41)55(46)39-13-5-2-6-14-39/h3-36H,1-2H3;1-30H. The van der Waals surface area contributed by atoms with Crippen LogP contribution in [0.3, 0.4) is 0 Å². The van der Waals surface area contributed by atoms with Gasteiger partial charge in [-0.15, -0.1) is 0 Å². The van der Waals surface area contributed by atoms with Crippen LogP contribution in [0.2, 0.25) is 0 Å². The molecule has 0 radical (unpaired) electrons. The normalized spacial score (nSPS) is 12.1. The summed E-state index contributed by atoms with van der Waals surface area (Å²) in [4.78, 5) is 35.7. The first-order valence-electron chi connectivity index (χ1n) is 39.4. The van der Waals surface area contributed by atoms with Gasteiger partial charge in [0.1, 0.15) is 0 Å². The van der Waals surface area contributed by atoms with E-state index in [4.69, 9.17) is 34.9 Å². The second kappa shape index (κ2) is 28.8. The maximum atomic E-state index is 9.31. The molecule has 0 aliphatic heterocycles. The van der Waals surface area contributed by atoms with Crippen LogP contribution in [0.5, 0.6) is 0 Å². The van der Waals surface area contributed by atoms with Crippen LogP contribution >= 0.6 is 0 Å². The van der Waals surface area contributed by atoms with Crippen molar-refractivity contribution in [3.8, 4) is 141 Å². The van der Waals surface area contributed by atoms with Crippen molar-refractivity contribution in [2.24, 2.45) is 0 Å². The number of nitrogens with zero attached hydrogens (tertiary/aromatic N) is 10. The fourth-order valence-electron chi connectivity index (χ4n) is 17.1. The molecule has 0 saturated heterocycles. The molecule has 22 rings (SSSR count). The lowest BCUT2D eigenvalue weighted by molar-refractivity contribution is 0.660. The molecule has 6 heterocycles. The van der Waals surface area contributed by atoms with Gasteiger partial charge in [0.2, 0.25) is 0 Å². The molecule has 0 unspecified atom stereocenters. The predicted molar refractivity (Wildman–Crippen MR) is 478 cm³/mol. The summed E-state index contributed by atoms with van der Waals surface area (Å²) in [6.45, 7) is 4.63. The number of hydrogen-bond donors (Lipinski definition) is 0. The van der Waals surface area contributed by atoms with E-state index in [1.807, 2.05) is 48.5 Å². The Hall–Kier alpha value is -15.7. The van der Waals surface area contributed by atoms with Crippen molar-refractivity contribution < 1.29 is 0 Å². The van der Waals surface area contributed by atoms with Crippen LogP contribution in [-0.2, 0) is 5.41 Å². The van der Waals surface area contributed by atoms with E-state index in [0.717, 1.165) is 145 Å². The van der Waals surface area contributed by atoms with Gasteiger partial charge in [-0.3, -0.25) is 0 Å². The van der Waals surface area contributed by atoms with Crippen LogP contribution in [0.25, 0.3) is 201 Å². The van der Waals surface area contributed by atoms with Gasteiger partial charge in [0.05, 0.1) is 67.5 Å². The first-order chi connectivity index (χ1) is 57.7. The summed E-state index contributed by atoms with van der Waals surface area (Å²) in [6.07, 6.45) is 0. The molecule has 548 valence electrons. The lowest BCUT2D eigenvalue weighted by Crippen LogP contribution is -2.15. The van der Waals surface area contributed by atoms with E-state index in [9.17, 15) is 5.26 Å². The maximum absolute atomic E-state index is 9.31. The van der Waals surface area contributed by atoms with Gasteiger partial charge < -0.3 is 9.13 Å². The van der Waals surface area contributed by atoms with E-state index in [1.54, 1.807) is 12.1 Å². The number of fused-ring (bicyclic) bond motifs is 13. The van der Waals surface area contributed by atoms with Crippen molar-refractivity contribution in [2.75, 3.05) is 0 Å². The molecule has 0 bridgehead atoms. The number of rotatable bonds is 12. The summed E-state index contributed by atoms with van der Waals surface area (Å²) < 4.78 is 4.72. The highest BCUT2D eigenvalue weighted by Gasteiger charge is 2.36. The van der Waals surface area contributed by atoms with Gasteiger partial charge in [-0.05, 0) is 129 Å². The lowest BCUT2D eigenvalue weighted by atomic mass is 9.82. The van der Waals surface area contributed by atoms with Gasteiger partial charge in [0.15, 0.2) is 23.3 Å². The highest BCUT2D eigenvalue weighted by molar-refractivity contribution is 6.25. The van der Waals surface area contributed by atoms with Crippen LogP contribution in [0.4, 0.5) is 0 Å². The SMILES string of the molecule is CC1(C)c2ccccc2-c2ccc(-c3nc(-c4ccccc4)cc(-c4ccc(-c5ccc(-c6nc7ccccc7c7c8ccccc8n(-c8ccccc8)c67)cc5)cc4)n3)cc21.N#Cc1ccc(-c2nc(-c3ccccc3)nc(-c3ccc(-c4ccc(-c5nc6ccccc6c6c7ccccc7n(-c7ccccc7)c56)cc4)cc3)n2)cc1. The molecule has 6 aromatic heterocycles. The molecule has 1 aliphatic carbocycles. The Labute approximate surface area is 676 Å². The van der Waals surface area contributed by atoms with Crippen LogP contribution in [0, 0.1) is 11.3 Å². The van der Waals surface area contributed by atoms with E-state index in [1.165, 1.54) is 49.3 Å². The summed E-state index contributed by atoms with van der Waals surface area (Å²) >= 11 is 0. The van der Waals surface area contributed by atoms with Gasteiger partial charge in [0, 0.05) is 93.6 Å². The van der Waals surface area contributed by atoms with Crippen molar-refractivity contribution in [2.45, 2.75) is 19.3 Å². The van der Waals surface area contributed by atoms with Gasteiger partial charge in [-0.1, -0.05) is 317 Å². The molecular weight excluding hydrogens is 1430 g/mol. The first-order valence-corrected chi connectivity index (χ1v) is 39.4. The zero-order valence-electron chi connectivity index (χ0n) is 63.9. The van der Waals surface area contributed by atoms with Crippen molar-refractivity contribution in [3.05, 3.63) is 405 Å². The van der Waals surface area contributed by atoms with Crippen molar-refractivity contribution in [1.82, 2.24) is 44.0 Å². The molecule has 0 spiro atoms. The molecular formula is C107H70N10. The average Bonchev–Trinajstić information content (AvgIpc) is 1.59. The van der Waals surface area contributed by atoms with Gasteiger partial charge in [-0.25, -0.2) is 34.9 Å². The zero-order valence-corrected chi connectivity index (χ0v) is 63.9. The Morgan fingerprint density at radius 2 is 0.590 bits per heavy atom. The van der Waals surface area contributed by atoms with Crippen LogP contribution in [0.1, 0.15) is 30.5 Å². The van der Waals surface area contributed by atoms with E-state index < -0.39 is 0 Å². The van der Waals surface area contributed by atoms with E-state index in [-0.39, 0.29) is 5.41 Å². The minimum Gasteiger partial charge on any atom is -0.307 e. The van der Waals surface area contributed by atoms with Gasteiger partial charge in [0.25, 0.3) is 0 Å². The molecule has 21 aromatic rings. The molecule has 15 aromatic carbocycles. The van der Waals surface area contributed by atoms with Crippen molar-refractivity contribution in [1.29, 1.82) is 5.26 Å². The molecule has 0 atom stereocenters. The van der Waals surface area contributed by atoms with Crippen molar-refractivity contribution in [3.63, 3.8) is 0 Å². The fourth-order valence-corrected chi connectivity index (χ4v) is 17.1. The molecule has 1 aliphatic rings. The number of para-hydroxylation sites is 6. The Bertz CT molecular complexity index is 7460. The molecule has 10 nitrogen and oxygen atoms in total. The quantitative estimate of drug-likeness (QED) is 0.118. The largest absolute Gasteiger partial charge is 0.307 e. The molecule has 0 amide bonds. The molecule has 0 saturated carbocycles. The van der Waals surface area contributed by atoms with Crippen LogP contribution in [0.15, 0.2) is 388 Å². The fraction of sp³-hybridized carbons (Fsp3) is 0.0280. The molecule has 10 heteroatoms. The Morgan fingerprint density at radius 3 is 1.06 bits per heavy atom. The minimum atomic E-state index is -0.115. The lowest BCUT2D eigenvalue weighted by Gasteiger charge is -2.21. The van der Waals surface area contributed by atoms with Crippen LogP contribution < -0.4 is 0 Å². The smallest absolute Gasteiger partial charge is 0.164 e. The summed E-state index contributed by atoms with van der Waals surface area (Å²) in [5, 5.41) is 16.5. The van der Waals surface area contributed by atoms with Crippen LogP contribution in [-0.4, -0.2) is 44.0 Å². The highest BCUT2D eigenvalue weighted by atomic mass is 15.0. The molecule has 0 fully saturated rings. The maximum Gasteiger partial charge on any atom is 0.164 e. The second-order valence-electron chi connectivity index (χ2n) is 30.2. The van der Waals surface area contributed by atoms with E-state index >= 15 is 0 Å². The summed E-state index contributed by atoms with van der Waals surface area (Å²) in [7, 11) is 0. The second-order valence-corrected chi connectivity index (χ2v) is 30.2. The Balaban J connectivity index is 0.000000147. The monoisotopic (exact) mass is 1490 g/mol. The molecule has 0 N–H and O–H groups in total. The summed E-state index contributed by atoms with van der Waals surface area (Å²) in [6, 6.07) is 137. The number of nitriles is 1. The third-order valence-corrected chi connectivity index (χ3v) is 22.9. The number of benzene rings is 15. The number of pyridine rings is 2.